The molecule has 1 aromatic heterocycles. The summed E-state index contributed by atoms with van der Waals surface area (Å²) >= 11 is 0. The zero-order valence-corrected chi connectivity index (χ0v) is 12.6. The van der Waals surface area contributed by atoms with Gasteiger partial charge in [-0.05, 0) is 19.8 Å². The molecule has 1 aliphatic carbocycles. The standard InChI is InChI=1S/C14H23N5O2/c1-10-11(9-19(2)17-10)16-13(20)14(12(15)18-21)7-5-3-4-6-8-14/h9,21H,3-8H2,1-2H3,(H2,15,18)(H,16,20). The lowest BCUT2D eigenvalue weighted by atomic mass is 9.78. The third kappa shape index (κ3) is 3.01. The number of oxime groups is 1. The molecular formula is C14H23N5O2. The number of rotatable bonds is 3. The van der Waals surface area contributed by atoms with Crippen molar-refractivity contribution in [1.82, 2.24) is 9.78 Å². The molecule has 0 radical (unpaired) electrons. The number of anilines is 1. The average Bonchev–Trinajstić information content (AvgIpc) is 2.69. The number of aryl methyl sites for hydroxylation is 2. The second kappa shape index (κ2) is 6.15. The van der Waals surface area contributed by atoms with E-state index in [1.54, 1.807) is 17.9 Å². The van der Waals surface area contributed by atoms with Crippen LogP contribution in [0, 0.1) is 12.3 Å². The zero-order valence-electron chi connectivity index (χ0n) is 12.6. The minimum Gasteiger partial charge on any atom is -0.409 e. The molecule has 0 bridgehead atoms. The summed E-state index contributed by atoms with van der Waals surface area (Å²) in [5.41, 5.74) is 6.35. The molecule has 0 aliphatic heterocycles. The van der Waals surface area contributed by atoms with Gasteiger partial charge >= 0.3 is 0 Å². The fraction of sp³-hybridized carbons (Fsp3) is 0.643. The van der Waals surface area contributed by atoms with Crippen LogP contribution >= 0.6 is 0 Å². The molecule has 0 aromatic carbocycles. The van der Waals surface area contributed by atoms with Gasteiger partial charge in [0.1, 0.15) is 5.41 Å². The van der Waals surface area contributed by atoms with Crippen LogP contribution in [0.3, 0.4) is 0 Å². The van der Waals surface area contributed by atoms with E-state index < -0.39 is 5.41 Å². The van der Waals surface area contributed by atoms with Gasteiger partial charge in [-0.15, -0.1) is 0 Å². The first-order valence-corrected chi connectivity index (χ1v) is 7.29. The van der Waals surface area contributed by atoms with E-state index in [9.17, 15) is 4.79 Å². The van der Waals surface area contributed by atoms with Crippen LogP contribution in [-0.4, -0.2) is 26.7 Å². The number of hydrogen-bond donors (Lipinski definition) is 3. The van der Waals surface area contributed by atoms with E-state index in [1.807, 2.05) is 6.92 Å². The summed E-state index contributed by atoms with van der Waals surface area (Å²) in [6, 6.07) is 0. The van der Waals surface area contributed by atoms with Crippen LogP contribution in [0.4, 0.5) is 5.69 Å². The van der Waals surface area contributed by atoms with Gasteiger partial charge < -0.3 is 16.3 Å². The van der Waals surface area contributed by atoms with Crippen LogP contribution in [-0.2, 0) is 11.8 Å². The Morgan fingerprint density at radius 2 is 2.05 bits per heavy atom. The minimum atomic E-state index is -0.923. The first kappa shape index (κ1) is 15.3. The maximum Gasteiger partial charge on any atom is 0.238 e. The molecule has 116 valence electrons. The van der Waals surface area contributed by atoms with Gasteiger partial charge in [-0.2, -0.15) is 5.10 Å². The van der Waals surface area contributed by atoms with Gasteiger partial charge in [0.2, 0.25) is 5.91 Å². The Morgan fingerprint density at radius 3 is 2.52 bits per heavy atom. The van der Waals surface area contributed by atoms with Crippen molar-refractivity contribution in [2.45, 2.75) is 45.4 Å². The zero-order chi connectivity index (χ0) is 15.5. The highest BCUT2D eigenvalue weighted by molar-refractivity contribution is 6.12. The smallest absolute Gasteiger partial charge is 0.238 e. The molecule has 4 N–H and O–H groups in total. The summed E-state index contributed by atoms with van der Waals surface area (Å²) < 4.78 is 1.65. The van der Waals surface area contributed by atoms with E-state index in [-0.39, 0.29) is 11.7 Å². The van der Waals surface area contributed by atoms with Gasteiger partial charge in [-0.25, -0.2) is 0 Å². The fourth-order valence-electron chi connectivity index (χ4n) is 2.99. The monoisotopic (exact) mass is 293 g/mol. The Balaban J connectivity index is 2.28. The lowest BCUT2D eigenvalue weighted by molar-refractivity contribution is -0.123. The van der Waals surface area contributed by atoms with Crippen molar-refractivity contribution in [3.8, 4) is 0 Å². The van der Waals surface area contributed by atoms with Crippen molar-refractivity contribution in [1.29, 1.82) is 0 Å². The number of carbonyl (C=O) groups excluding carboxylic acids is 1. The van der Waals surface area contributed by atoms with Gasteiger partial charge in [0.25, 0.3) is 0 Å². The SMILES string of the molecule is Cc1nn(C)cc1NC(=O)C1(/C(N)=N/O)CCCCCC1. The first-order valence-electron chi connectivity index (χ1n) is 7.29. The van der Waals surface area contributed by atoms with Crippen LogP contribution in [0.1, 0.15) is 44.2 Å². The summed E-state index contributed by atoms with van der Waals surface area (Å²) in [6.45, 7) is 1.83. The molecule has 1 amide bonds. The lowest BCUT2D eigenvalue weighted by Gasteiger charge is -2.29. The predicted molar refractivity (Wildman–Crippen MR) is 80.1 cm³/mol. The highest BCUT2D eigenvalue weighted by Gasteiger charge is 2.43. The minimum absolute atomic E-state index is 0.00319. The van der Waals surface area contributed by atoms with Crippen molar-refractivity contribution in [2.24, 2.45) is 23.4 Å². The van der Waals surface area contributed by atoms with Crippen molar-refractivity contribution in [3.63, 3.8) is 0 Å². The van der Waals surface area contributed by atoms with Gasteiger partial charge in [0.15, 0.2) is 5.84 Å². The summed E-state index contributed by atoms with van der Waals surface area (Å²) in [5, 5.41) is 19.3. The van der Waals surface area contributed by atoms with Crippen molar-refractivity contribution < 1.29 is 10.0 Å². The van der Waals surface area contributed by atoms with Gasteiger partial charge in [-0.3, -0.25) is 9.48 Å². The highest BCUT2D eigenvalue weighted by atomic mass is 16.4. The lowest BCUT2D eigenvalue weighted by Crippen LogP contribution is -2.47. The normalized spacial score (nSPS) is 19.0. The van der Waals surface area contributed by atoms with E-state index in [4.69, 9.17) is 10.9 Å². The van der Waals surface area contributed by atoms with Gasteiger partial charge in [0.05, 0.1) is 11.4 Å². The van der Waals surface area contributed by atoms with Crippen molar-refractivity contribution >= 4 is 17.4 Å². The van der Waals surface area contributed by atoms with Crippen LogP contribution in [0.25, 0.3) is 0 Å². The quantitative estimate of drug-likeness (QED) is 0.259. The Bertz CT molecular complexity index is 542. The third-order valence-electron chi connectivity index (χ3n) is 4.25. The molecule has 1 saturated carbocycles. The maximum absolute atomic E-state index is 12.8. The molecule has 1 fully saturated rings. The molecule has 7 heteroatoms. The number of carbonyl (C=O) groups is 1. The summed E-state index contributed by atoms with van der Waals surface area (Å²) in [7, 11) is 1.80. The molecule has 2 rings (SSSR count). The first-order chi connectivity index (χ1) is 9.99. The number of nitrogens with one attached hydrogen (secondary N) is 1. The number of aromatic nitrogens is 2. The average molecular weight is 293 g/mol. The predicted octanol–water partition coefficient (Wildman–Crippen LogP) is 1.75. The maximum atomic E-state index is 12.8. The topological polar surface area (TPSA) is 106 Å². The Hall–Kier alpha value is -2.05. The summed E-state index contributed by atoms with van der Waals surface area (Å²) in [5.74, 6) is -0.209. The Labute approximate surface area is 124 Å². The number of nitrogens with zero attached hydrogens (tertiary/aromatic N) is 3. The molecule has 1 heterocycles. The van der Waals surface area contributed by atoms with Crippen LogP contribution < -0.4 is 11.1 Å². The molecular weight excluding hydrogens is 270 g/mol. The van der Waals surface area contributed by atoms with E-state index in [0.29, 0.717) is 18.5 Å². The molecule has 7 nitrogen and oxygen atoms in total. The van der Waals surface area contributed by atoms with E-state index >= 15 is 0 Å². The Kier molecular flexibility index (Phi) is 4.50. The number of hydrogen-bond acceptors (Lipinski definition) is 4. The molecule has 0 unspecified atom stereocenters. The largest absolute Gasteiger partial charge is 0.409 e. The summed E-state index contributed by atoms with van der Waals surface area (Å²) in [6.07, 6.45) is 6.90. The molecule has 0 spiro atoms. The van der Waals surface area contributed by atoms with E-state index in [2.05, 4.69) is 15.6 Å². The van der Waals surface area contributed by atoms with E-state index in [0.717, 1.165) is 31.4 Å². The second-order valence-corrected chi connectivity index (χ2v) is 5.74. The van der Waals surface area contributed by atoms with Gasteiger partial charge in [0, 0.05) is 13.2 Å². The highest BCUT2D eigenvalue weighted by Crippen LogP contribution is 2.36. The molecule has 0 atom stereocenters. The number of amides is 1. The molecule has 0 saturated heterocycles. The van der Waals surface area contributed by atoms with Crippen molar-refractivity contribution in [3.05, 3.63) is 11.9 Å². The number of amidine groups is 1. The molecule has 1 aromatic rings. The molecule has 1 aliphatic rings. The van der Waals surface area contributed by atoms with E-state index in [1.165, 1.54) is 0 Å². The summed E-state index contributed by atoms with van der Waals surface area (Å²) in [4.78, 5) is 12.8. The van der Waals surface area contributed by atoms with Crippen LogP contribution in [0.2, 0.25) is 0 Å². The third-order valence-corrected chi connectivity index (χ3v) is 4.25. The van der Waals surface area contributed by atoms with Crippen molar-refractivity contribution in [2.75, 3.05) is 5.32 Å². The van der Waals surface area contributed by atoms with Gasteiger partial charge in [-0.1, -0.05) is 30.8 Å². The fourth-order valence-corrected chi connectivity index (χ4v) is 2.99. The van der Waals surface area contributed by atoms with Crippen LogP contribution in [0.5, 0.6) is 0 Å². The Morgan fingerprint density at radius 1 is 1.43 bits per heavy atom. The second-order valence-electron chi connectivity index (χ2n) is 5.74. The van der Waals surface area contributed by atoms with Crippen LogP contribution in [0.15, 0.2) is 11.4 Å². The number of nitrogens with two attached hydrogens (primary N) is 1. The molecule has 21 heavy (non-hydrogen) atoms.